The summed E-state index contributed by atoms with van der Waals surface area (Å²) in [7, 11) is 0. The molecule has 0 atom stereocenters. The minimum Gasteiger partial charge on any atom is -0.454 e. The van der Waals surface area contributed by atoms with Crippen LogP contribution in [0.1, 0.15) is 31.8 Å². The second-order valence-electron chi connectivity index (χ2n) is 11.1. The topological polar surface area (TPSA) is 84.0 Å². The molecule has 42 heavy (non-hydrogen) atoms. The zero-order valence-corrected chi connectivity index (χ0v) is 23.5. The fraction of sp³-hybridized carbons (Fsp3) is 0.375. The van der Waals surface area contributed by atoms with E-state index in [1.165, 1.54) is 0 Å². The van der Waals surface area contributed by atoms with E-state index in [1.807, 2.05) is 46.2 Å². The minimum atomic E-state index is -0.0804. The van der Waals surface area contributed by atoms with Gasteiger partial charge in [-0.2, -0.15) is 0 Å². The van der Waals surface area contributed by atoms with Crippen molar-refractivity contribution in [1.82, 2.24) is 19.6 Å². The molecule has 0 aliphatic carbocycles. The van der Waals surface area contributed by atoms with E-state index in [-0.39, 0.29) is 25.4 Å². The summed E-state index contributed by atoms with van der Waals surface area (Å²) in [5, 5.41) is 0. The molecule has 3 aromatic carbocycles. The predicted octanol–water partition coefficient (Wildman–Crippen LogP) is 3.06. The zero-order valence-electron chi connectivity index (χ0n) is 23.5. The van der Waals surface area contributed by atoms with Crippen LogP contribution in [-0.4, -0.2) is 97.4 Å². The first-order valence-electron chi connectivity index (χ1n) is 14.5. The molecule has 0 aromatic heterocycles. The summed E-state index contributed by atoms with van der Waals surface area (Å²) in [4.78, 5) is 35.6. The van der Waals surface area contributed by atoms with E-state index in [9.17, 15) is 9.59 Å². The van der Waals surface area contributed by atoms with Gasteiger partial charge in [-0.05, 0) is 47.5 Å². The first kappa shape index (κ1) is 26.6. The summed E-state index contributed by atoms with van der Waals surface area (Å²) in [6.07, 6.45) is 0. The number of piperazine rings is 2. The van der Waals surface area contributed by atoms with Gasteiger partial charge in [0.15, 0.2) is 23.0 Å². The van der Waals surface area contributed by atoms with Crippen molar-refractivity contribution in [2.45, 2.75) is 13.1 Å². The van der Waals surface area contributed by atoms with Gasteiger partial charge in [-0.25, -0.2) is 0 Å². The Bertz CT molecular complexity index is 1370. The predicted molar refractivity (Wildman–Crippen MR) is 154 cm³/mol. The van der Waals surface area contributed by atoms with Crippen LogP contribution < -0.4 is 18.9 Å². The number of carbonyl (C=O) groups excluding carboxylic acids is 2. The van der Waals surface area contributed by atoms with Crippen LogP contribution in [0.5, 0.6) is 23.0 Å². The molecule has 7 rings (SSSR count). The van der Waals surface area contributed by atoms with E-state index in [0.717, 1.165) is 73.4 Å². The number of ether oxygens (including phenoxy) is 4. The molecule has 4 heterocycles. The third-order valence-corrected chi connectivity index (χ3v) is 8.39. The van der Waals surface area contributed by atoms with Crippen molar-refractivity contribution in [2.24, 2.45) is 0 Å². The van der Waals surface area contributed by atoms with Gasteiger partial charge in [-0.15, -0.1) is 0 Å². The molecule has 0 unspecified atom stereocenters. The van der Waals surface area contributed by atoms with Crippen LogP contribution in [0.15, 0.2) is 60.7 Å². The molecule has 2 amide bonds. The molecule has 0 spiro atoms. The fourth-order valence-electron chi connectivity index (χ4n) is 6.01. The van der Waals surface area contributed by atoms with E-state index < -0.39 is 0 Å². The molecule has 0 radical (unpaired) electrons. The van der Waals surface area contributed by atoms with Crippen molar-refractivity contribution in [3.05, 3.63) is 82.9 Å². The highest BCUT2D eigenvalue weighted by Gasteiger charge is 2.29. The number of hydrogen-bond acceptors (Lipinski definition) is 8. The lowest BCUT2D eigenvalue weighted by Crippen LogP contribution is -2.50. The Hall–Kier alpha value is -4.28. The molecule has 2 saturated heterocycles. The third-order valence-electron chi connectivity index (χ3n) is 8.39. The van der Waals surface area contributed by atoms with Crippen LogP contribution in [-0.2, 0) is 13.1 Å². The Morgan fingerprint density at radius 2 is 0.929 bits per heavy atom. The first-order chi connectivity index (χ1) is 20.6. The van der Waals surface area contributed by atoms with Crippen molar-refractivity contribution in [3.8, 4) is 23.0 Å². The van der Waals surface area contributed by atoms with Gasteiger partial charge in [0.25, 0.3) is 11.8 Å². The summed E-state index contributed by atoms with van der Waals surface area (Å²) < 4.78 is 21.8. The molecule has 10 nitrogen and oxygen atoms in total. The standard InChI is InChI=1S/C32H34N4O6/c37-31(35-13-9-33(10-14-35)19-23-5-7-27-29(17-23)41-21-39-27)25-3-1-2-4-26(25)32(38)36-15-11-34(12-16-36)20-24-6-8-28-30(18-24)42-22-40-28/h1-8,17-18H,9-16,19-22H2. The average molecular weight is 571 g/mol. The monoisotopic (exact) mass is 570 g/mol. The van der Waals surface area contributed by atoms with Gasteiger partial charge in [0.2, 0.25) is 13.6 Å². The minimum absolute atomic E-state index is 0.0804. The number of nitrogens with zero attached hydrogens (tertiary/aromatic N) is 4. The van der Waals surface area contributed by atoms with Crippen LogP contribution in [0, 0.1) is 0 Å². The second kappa shape index (κ2) is 11.5. The maximum atomic E-state index is 13.6. The van der Waals surface area contributed by atoms with Crippen LogP contribution in [0.2, 0.25) is 0 Å². The highest BCUT2D eigenvalue weighted by molar-refractivity contribution is 6.07. The molecule has 3 aromatic rings. The van der Waals surface area contributed by atoms with Crippen molar-refractivity contribution in [2.75, 3.05) is 65.9 Å². The lowest BCUT2D eigenvalue weighted by atomic mass is 10.0. The van der Waals surface area contributed by atoms with Crippen molar-refractivity contribution >= 4 is 11.8 Å². The molecule has 0 saturated carbocycles. The number of fused-ring (bicyclic) bond motifs is 2. The van der Waals surface area contributed by atoms with Crippen molar-refractivity contribution in [3.63, 3.8) is 0 Å². The van der Waals surface area contributed by atoms with Gasteiger partial charge in [-0.3, -0.25) is 19.4 Å². The van der Waals surface area contributed by atoms with E-state index in [0.29, 0.717) is 37.3 Å². The molecule has 218 valence electrons. The van der Waals surface area contributed by atoms with E-state index in [1.54, 1.807) is 12.1 Å². The fourth-order valence-corrected chi connectivity index (χ4v) is 6.01. The van der Waals surface area contributed by atoms with Crippen molar-refractivity contribution < 1.29 is 28.5 Å². The molecule has 4 aliphatic rings. The van der Waals surface area contributed by atoms with E-state index in [2.05, 4.69) is 21.9 Å². The second-order valence-corrected chi connectivity index (χ2v) is 11.1. The van der Waals surface area contributed by atoms with Gasteiger partial charge in [0.1, 0.15) is 0 Å². The number of rotatable bonds is 6. The Morgan fingerprint density at radius 3 is 1.36 bits per heavy atom. The van der Waals surface area contributed by atoms with Crippen LogP contribution in [0.4, 0.5) is 0 Å². The molecular formula is C32H34N4O6. The maximum absolute atomic E-state index is 13.6. The summed E-state index contributed by atoms with van der Waals surface area (Å²) in [5.41, 5.74) is 3.28. The number of benzene rings is 3. The number of hydrogen-bond donors (Lipinski definition) is 0. The van der Waals surface area contributed by atoms with Crippen LogP contribution in [0.25, 0.3) is 0 Å². The smallest absolute Gasteiger partial charge is 0.254 e. The highest BCUT2D eigenvalue weighted by atomic mass is 16.7. The molecule has 0 bridgehead atoms. The Labute approximate surface area is 244 Å². The summed E-state index contributed by atoms with van der Waals surface area (Å²) in [5.74, 6) is 2.98. The number of amides is 2. The third kappa shape index (κ3) is 5.47. The average Bonchev–Trinajstić information content (AvgIpc) is 3.70. The molecular weight excluding hydrogens is 536 g/mol. The first-order valence-corrected chi connectivity index (χ1v) is 14.5. The molecule has 2 fully saturated rings. The summed E-state index contributed by atoms with van der Waals surface area (Å²) >= 11 is 0. The molecule has 0 N–H and O–H groups in total. The molecule has 4 aliphatic heterocycles. The SMILES string of the molecule is O=C(c1ccccc1C(=O)N1CCN(Cc2ccc3c(c2)OCO3)CC1)N1CCN(Cc2ccc3c(c2)OCO3)CC1. The van der Waals surface area contributed by atoms with Gasteiger partial charge in [-0.1, -0.05) is 24.3 Å². The summed E-state index contributed by atoms with van der Waals surface area (Å²) in [6, 6.07) is 19.3. The van der Waals surface area contributed by atoms with Gasteiger partial charge in [0.05, 0.1) is 11.1 Å². The molecule has 10 heteroatoms. The Balaban J connectivity index is 0.936. The maximum Gasteiger partial charge on any atom is 0.254 e. The van der Waals surface area contributed by atoms with Gasteiger partial charge >= 0.3 is 0 Å². The quantitative estimate of drug-likeness (QED) is 0.447. The normalized spacial score (nSPS) is 18.4. The largest absolute Gasteiger partial charge is 0.454 e. The number of carbonyl (C=O) groups is 2. The highest BCUT2D eigenvalue weighted by Crippen LogP contribution is 2.34. The zero-order chi connectivity index (χ0) is 28.5. The van der Waals surface area contributed by atoms with Gasteiger partial charge in [0, 0.05) is 65.4 Å². The Kier molecular flexibility index (Phi) is 7.31. The lowest BCUT2D eigenvalue weighted by Gasteiger charge is -2.36. The summed E-state index contributed by atoms with van der Waals surface area (Å²) in [6.45, 7) is 7.63. The van der Waals surface area contributed by atoms with Crippen molar-refractivity contribution in [1.29, 1.82) is 0 Å². The van der Waals surface area contributed by atoms with E-state index >= 15 is 0 Å². The van der Waals surface area contributed by atoms with Crippen LogP contribution >= 0.6 is 0 Å². The lowest BCUT2D eigenvalue weighted by molar-refractivity contribution is 0.0590. The van der Waals surface area contributed by atoms with Gasteiger partial charge < -0.3 is 28.7 Å². The van der Waals surface area contributed by atoms with Crippen LogP contribution in [0.3, 0.4) is 0 Å². The Morgan fingerprint density at radius 1 is 0.524 bits per heavy atom. The van der Waals surface area contributed by atoms with E-state index in [4.69, 9.17) is 18.9 Å².